The minimum atomic E-state index is 0.555. The Labute approximate surface area is 184 Å². The van der Waals surface area contributed by atoms with Crippen molar-refractivity contribution in [3.63, 3.8) is 0 Å². The first-order chi connectivity index (χ1) is 14.8. The molecule has 0 unspecified atom stereocenters. The first kappa shape index (κ1) is 20.9. The number of nitrogens with one attached hydrogen (secondary N) is 2. The summed E-state index contributed by atoms with van der Waals surface area (Å²) in [6.45, 7) is 12.2. The number of aromatic nitrogens is 3. The monoisotopic (exact) mass is 419 g/mol. The predicted octanol–water partition coefficient (Wildman–Crippen LogP) is 4.16. The molecule has 0 saturated carbocycles. The summed E-state index contributed by atoms with van der Waals surface area (Å²) in [6.07, 6.45) is 1.77. The molecule has 1 aliphatic rings. The zero-order chi connectivity index (χ0) is 22.3. The first-order valence-electron chi connectivity index (χ1n) is 10.6. The molecule has 1 aromatic heterocycles. The summed E-state index contributed by atoms with van der Waals surface area (Å²) in [6, 6.07) is 6.33. The summed E-state index contributed by atoms with van der Waals surface area (Å²) in [7, 11) is 4.03. The van der Waals surface area contributed by atoms with Gasteiger partial charge in [0.05, 0.1) is 25.0 Å². The predicted molar refractivity (Wildman–Crippen MR) is 125 cm³/mol. The molecule has 31 heavy (non-hydrogen) atoms. The average molecular weight is 420 g/mol. The van der Waals surface area contributed by atoms with Gasteiger partial charge in [0.1, 0.15) is 12.4 Å². The summed E-state index contributed by atoms with van der Waals surface area (Å²) in [5.74, 6) is 2.23. The molecular formula is C24H31N6O+. The van der Waals surface area contributed by atoms with Gasteiger partial charge in [0.15, 0.2) is 0 Å². The Bertz CT molecular complexity index is 1160. The largest absolute Gasteiger partial charge is 0.489 e. The summed E-state index contributed by atoms with van der Waals surface area (Å²) in [5.41, 5.74) is 9.17. The molecule has 0 atom stereocenters. The third kappa shape index (κ3) is 3.87. The Morgan fingerprint density at radius 2 is 1.71 bits per heavy atom. The lowest BCUT2D eigenvalue weighted by Crippen LogP contribution is -2.34. The first-order valence-corrected chi connectivity index (χ1v) is 10.6. The Balaban J connectivity index is 1.67. The Hall–Kier alpha value is -3.35. The van der Waals surface area contributed by atoms with Crippen molar-refractivity contribution in [2.45, 2.75) is 34.6 Å². The minimum absolute atomic E-state index is 0.555. The molecule has 7 heteroatoms. The van der Waals surface area contributed by atoms with Gasteiger partial charge in [-0.15, -0.1) is 0 Å². The van der Waals surface area contributed by atoms with E-state index in [1.807, 2.05) is 11.6 Å². The van der Waals surface area contributed by atoms with E-state index in [1.165, 1.54) is 16.7 Å². The van der Waals surface area contributed by atoms with Gasteiger partial charge in [-0.25, -0.2) is 4.57 Å². The molecule has 4 rings (SSSR count). The average Bonchev–Trinajstić information content (AvgIpc) is 2.75. The van der Waals surface area contributed by atoms with Crippen LogP contribution in [0.1, 0.15) is 27.8 Å². The van der Waals surface area contributed by atoms with Crippen molar-refractivity contribution >= 4 is 29.0 Å². The molecule has 7 nitrogen and oxygen atoms in total. The lowest BCUT2D eigenvalue weighted by Gasteiger charge is -2.30. The standard InChI is InChI=1S/C24H30N6O/c1-14-8-9-19(16(3)15(14)2)26-23-25-13-30(7)24(28-23)27-20-12-21-22(18(5)17(20)4)31-11-10-29(21)6/h8-9,12-13H,10-11H2,1-7H3,(H,26,27,28)/p+1. The quantitative estimate of drug-likeness (QED) is 0.619. The molecule has 2 heterocycles. The number of nitrogens with zero attached hydrogens (tertiary/aromatic N) is 4. The number of hydrogen-bond acceptors (Lipinski definition) is 6. The van der Waals surface area contributed by atoms with Crippen LogP contribution in [0.3, 0.4) is 0 Å². The maximum absolute atomic E-state index is 5.94. The number of likely N-dealkylation sites (N-methyl/N-ethyl adjacent to an activating group) is 1. The zero-order valence-corrected chi connectivity index (χ0v) is 19.4. The fourth-order valence-electron chi connectivity index (χ4n) is 3.79. The second kappa shape index (κ2) is 8.06. The summed E-state index contributed by atoms with van der Waals surface area (Å²) < 4.78 is 7.82. The highest BCUT2D eigenvalue weighted by Crippen LogP contribution is 2.40. The van der Waals surface area contributed by atoms with E-state index in [-0.39, 0.29) is 0 Å². The molecule has 0 fully saturated rings. The zero-order valence-electron chi connectivity index (χ0n) is 19.4. The smallest absolute Gasteiger partial charge is 0.356 e. The fraction of sp³-hybridized carbons (Fsp3) is 0.375. The van der Waals surface area contributed by atoms with Crippen LogP contribution < -0.4 is 24.8 Å². The van der Waals surface area contributed by atoms with Crippen molar-refractivity contribution in [1.82, 2.24) is 9.97 Å². The van der Waals surface area contributed by atoms with Crippen LogP contribution in [0.5, 0.6) is 5.75 Å². The Kier molecular flexibility index (Phi) is 5.43. The highest BCUT2D eigenvalue weighted by atomic mass is 16.5. The number of rotatable bonds is 4. The fourth-order valence-corrected chi connectivity index (χ4v) is 3.79. The summed E-state index contributed by atoms with van der Waals surface area (Å²) in [5, 5.41) is 6.88. The molecule has 0 spiro atoms. The SMILES string of the molecule is Cc1ccc(Nc2nc[n+](C)c(Nc3cc4c(c(C)c3C)OCCN4C)n2)c(C)c1C. The van der Waals surface area contributed by atoms with Crippen LogP contribution in [0.2, 0.25) is 0 Å². The van der Waals surface area contributed by atoms with Crippen molar-refractivity contribution in [3.05, 3.63) is 52.3 Å². The number of hydrogen-bond donors (Lipinski definition) is 2. The van der Waals surface area contributed by atoms with E-state index in [2.05, 4.69) is 80.4 Å². The van der Waals surface area contributed by atoms with Gasteiger partial charge in [-0.3, -0.25) is 5.32 Å². The van der Waals surface area contributed by atoms with E-state index < -0.39 is 0 Å². The van der Waals surface area contributed by atoms with E-state index >= 15 is 0 Å². The molecule has 2 aromatic carbocycles. The second-order valence-electron chi connectivity index (χ2n) is 8.34. The van der Waals surface area contributed by atoms with Gasteiger partial charge in [0, 0.05) is 18.8 Å². The maximum atomic E-state index is 5.94. The van der Waals surface area contributed by atoms with Crippen molar-refractivity contribution in [2.75, 3.05) is 35.7 Å². The summed E-state index contributed by atoms with van der Waals surface area (Å²) >= 11 is 0. The Morgan fingerprint density at radius 3 is 2.48 bits per heavy atom. The molecule has 0 amide bonds. The Morgan fingerprint density at radius 1 is 0.968 bits per heavy atom. The van der Waals surface area contributed by atoms with Gasteiger partial charge in [-0.1, -0.05) is 16.0 Å². The van der Waals surface area contributed by atoms with Gasteiger partial charge >= 0.3 is 11.9 Å². The molecule has 0 bridgehead atoms. The lowest BCUT2D eigenvalue weighted by molar-refractivity contribution is -0.662. The van der Waals surface area contributed by atoms with Gasteiger partial charge in [0.2, 0.25) is 6.33 Å². The van der Waals surface area contributed by atoms with Gasteiger partial charge in [0.25, 0.3) is 0 Å². The van der Waals surface area contributed by atoms with Crippen LogP contribution in [-0.4, -0.2) is 30.2 Å². The van der Waals surface area contributed by atoms with Crippen molar-refractivity contribution in [2.24, 2.45) is 7.05 Å². The van der Waals surface area contributed by atoms with Crippen molar-refractivity contribution < 1.29 is 9.30 Å². The van der Waals surface area contributed by atoms with Crippen LogP contribution >= 0.6 is 0 Å². The van der Waals surface area contributed by atoms with E-state index in [4.69, 9.17) is 9.72 Å². The topological polar surface area (TPSA) is 66.2 Å². The third-order valence-electron chi connectivity index (χ3n) is 6.36. The molecule has 1 aliphatic heterocycles. The molecule has 162 valence electrons. The highest BCUT2D eigenvalue weighted by molar-refractivity contribution is 5.75. The number of fused-ring (bicyclic) bond motifs is 1. The van der Waals surface area contributed by atoms with E-state index in [0.29, 0.717) is 18.5 Å². The van der Waals surface area contributed by atoms with E-state index in [1.54, 1.807) is 6.33 Å². The molecule has 2 N–H and O–H groups in total. The number of ether oxygens (including phenoxy) is 1. The molecule has 0 aliphatic carbocycles. The normalized spacial score (nSPS) is 12.9. The molecule has 3 aromatic rings. The van der Waals surface area contributed by atoms with E-state index in [0.717, 1.165) is 40.5 Å². The third-order valence-corrected chi connectivity index (χ3v) is 6.36. The lowest BCUT2D eigenvalue weighted by atomic mass is 10.0. The highest BCUT2D eigenvalue weighted by Gasteiger charge is 2.23. The van der Waals surface area contributed by atoms with Gasteiger partial charge < -0.3 is 15.0 Å². The molecular weight excluding hydrogens is 388 g/mol. The van der Waals surface area contributed by atoms with Crippen LogP contribution in [0.25, 0.3) is 0 Å². The summed E-state index contributed by atoms with van der Waals surface area (Å²) in [4.78, 5) is 11.4. The molecule has 0 radical (unpaired) electrons. The van der Waals surface area contributed by atoms with Gasteiger partial charge in [-0.2, -0.15) is 0 Å². The van der Waals surface area contributed by atoms with Crippen LogP contribution in [0.15, 0.2) is 24.5 Å². The van der Waals surface area contributed by atoms with Crippen molar-refractivity contribution in [1.29, 1.82) is 0 Å². The van der Waals surface area contributed by atoms with E-state index in [9.17, 15) is 0 Å². The number of anilines is 5. The maximum Gasteiger partial charge on any atom is 0.356 e. The number of aryl methyl sites for hydroxylation is 2. The van der Waals surface area contributed by atoms with Crippen LogP contribution in [-0.2, 0) is 7.05 Å². The van der Waals surface area contributed by atoms with Crippen LogP contribution in [0, 0.1) is 34.6 Å². The van der Waals surface area contributed by atoms with Crippen molar-refractivity contribution in [3.8, 4) is 5.75 Å². The molecule has 0 saturated heterocycles. The van der Waals surface area contributed by atoms with Gasteiger partial charge in [-0.05, 0) is 68.5 Å². The van der Waals surface area contributed by atoms with Crippen LogP contribution in [0.4, 0.5) is 29.0 Å². The minimum Gasteiger partial charge on any atom is -0.489 e. The number of benzene rings is 2. The second-order valence-corrected chi connectivity index (χ2v) is 8.34.